The molecule has 0 aliphatic heterocycles. The van der Waals surface area contributed by atoms with Crippen LogP contribution >= 0.6 is 0 Å². The molecule has 0 fully saturated rings. The second kappa shape index (κ2) is 5.69. The Hall–Kier alpha value is -0.0800. The lowest BCUT2D eigenvalue weighted by molar-refractivity contribution is 0.404. The first-order valence-electron chi connectivity index (χ1n) is 4.10. The number of rotatable bonds is 5. The molecule has 0 aliphatic carbocycles. The monoisotopic (exact) mass is 144 g/mol. The fraction of sp³-hybridized carbons (Fsp3) is 1.00. The van der Waals surface area contributed by atoms with Gasteiger partial charge in [0.2, 0.25) is 0 Å². The van der Waals surface area contributed by atoms with Gasteiger partial charge in [-0.25, -0.2) is 0 Å². The first-order chi connectivity index (χ1) is 4.70. The molecule has 62 valence electrons. The average molecular weight is 144 g/mol. The van der Waals surface area contributed by atoms with Crippen molar-refractivity contribution in [2.45, 2.75) is 26.7 Å². The molecule has 0 bridgehead atoms. The third-order valence-electron chi connectivity index (χ3n) is 1.87. The van der Waals surface area contributed by atoms with Gasteiger partial charge in [-0.05, 0) is 37.8 Å². The third kappa shape index (κ3) is 4.77. The van der Waals surface area contributed by atoms with E-state index in [1.165, 1.54) is 6.42 Å². The molecule has 0 spiro atoms. The van der Waals surface area contributed by atoms with Crippen LogP contribution in [0.2, 0.25) is 0 Å². The first kappa shape index (κ1) is 9.92. The fourth-order valence-corrected chi connectivity index (χ4v) is 1.19. The highest BCUT2D eigenvalue weighted by molar-refractivity contribution is 4.60. The van der Waals surface area contributed by atoms with Crippen LogP contribution in [0.25, 0.3) is 0 Å². The lowest BCUT2D eigenvalue weighted by atomic mass is 9.95. The molecule has 10 heavy (non-hydrogen) atoms. The van der Waals surface area contributed by atoms with Crippen LogP contribution in [-0.4, -0.2) is 13.1 Å². The molecular weight excluding hydrogens is 124 g/mol. The Morgan fingerprint density at radius 2 is 1.70 bits per heavy atom. The van der Waals surface area contributed by atoms with Gasteiger partial charge < -0.3 is 11.5 Å². The molecule has 2 nitrogen and oxygen atoms in total. The molecule has 0 aromatic carbocycles. The van der Waals surface area contributed by atoms with Gasteiger partial charge in [-0.1, -0.05) is 13.8 Å². The Balaban J connectivity index is 3.27. The van der Waals surface area contributed by atoms with Crippen molar-refractivity contribution in [1.29, 1.82) is 0 Å². The molecule has 0 saturated heterocycles. The van der Waals surface area contributed by atoms with E-state index in [1.807, 2.05) is 0 Å². The largest absolute Gasteiger partial charge is 0.330 e. The van der Waals surface area contributed by atoms with E-state index in [-0.39, 0.29) is 0 Å². The highest BCUT2D eigenvalue weighted by Gasteiger charge is 2.05. The van der Waals surface area contributed by atoms with Crippen molar-refractivity contribution < 1.29 is 0 Å². The summed E-state index contributed by atoms with van der Waals surface area (Å²) in [6.07, 6.45) is 2.35. The number of nitrogens with two attached hydrogens (primary N) is 2. The maximum Gasteiger partial charge on any atom is -0.00514 e. The standard InChI is InChI=1S/C8H20N2/c1-7(3-4-9)5-8(2)6-10/h7-8H,3-6,9-10H2,1-2H3. The molecule has 0 aromatic heterocycles. The van der Waals surface area contributed by atoms with Crippen molar-refractivity contribution in [3.8, 4) is 0 Å². The predicted molar refractivity (Wildman–Crippen MR) is 45.7 cm³/mol. The molecule has 4 N–H and O–H groups in total. The van der Waals surface area contributed by atoms with E-state index < -0.39 is 0 Å². The summed E-state index contributed by atoms with van der Waals surface area (Å²) in [5.74, 6) is 1.39. The van der Waals surface area contributed by atoms with Crippen LogP contribution in [-0.2, 0) is 0 Å². The quantitative estimate of drug-likeness (QED) is 0.603. The average Bonchev–Trinajstić information content (AvgIpc) is 1.88. The minimum atomic E-state index is 0.654. The summed E-state index contributed by atoms with van der Waals surface area (Å²) in [6.45, 7) is 6.03. The van der Waals surface area contributed by atoms with Crippen LogP contribution < -0.4 is 11.5 Å². The Labute approximate surface area is 64.0 Å². The molecule has 2 unspecified atom stereocenters. The summed E-state index contributed by atoms with van der Waals surface area (Å²) >= 11 is 0. The van der Waals surface area contributed by atoms with Gasteiger partial charge in [-0.15, -0.1) is 0 Å². The van der Waals surface area contributed by atoms with Gasteiger partial charge in [0.15, 0.2) is 0 Å². The Morgan fingerprint density at radius 3 is 2.10 bits per heavy atom. The summed E-state index contributed by atoms with van der Waals surface area (Å²) in [5.41, 5.74) is 10.9. The van der Waals surface area contributed by atoms with Crippen LogP contribution in [0.3, 0.4) is 0 Å². The molecule has 2 heteroatoms. The van der Waals surface area contributed by atoms with Crippen molar-refractivity contribution >= 4 is 0 Å². The van der Waals surface area contributed by atoms with E-state index in [2.05, 4.69) is 13.8 Å². The topological polar surface area (TPSA) is 52.0 Å². The van der Waals surface area contributed by atoms with Crippen molar-refractivity contribution in [2.75, 3.05) is 13.1 Å². The zero-order chi connectivity index (χ0) is 7.98. The van der Waals surface area contributed by atoms with Gasteiger partial charge in [0, 0.05) is 0 Å². The van der Waals surface area contributed by atoms with Crippen molar-refractivity contribution in [3.05, 3.63) is 0 Å². The molecule has 0 rings (SSSR count). The maximum atomic E-state index is 5.49. The summed E-state index contributed by atoms with van der Waals surface area (Å²) in [5, 5.41) is 0. The van der Waals surface area contributed by atoms with Gasteiger partial charge in [0.25, 0.3) is 0 Å². The van der Waals surface area contributed by atoms with Crippen molar-refractivity contribution in [1.82, 2.24) is 0 Å². The Bertz CT molecular complexity index is 73.7. The minimum absolute atomic E-state index is 0.654. The van der Waals surface area contributed by atoms with Crippen molar-refractivity contribution in [2.24, 2.45) is 23.3 Å². The van der Waals surface area contributed by atoms with E-state index in [4.69, 9.17) is 11.5 Å². The second-order valence-electron chi connectivity index (χ2n) is 3.26. The number of hydrogen-bond donors (Lipinski definition) is 2. The number of hydrogen-bond acceptors (Lipinski definition) is 2. The Morgan fingerprint density at radius 1 is 1.10 bits per heavy atom. The molecule has 0 saturated carbocycles. The summed E-state index contributed by atoms with van der Waals surface area (Å²) in [6, 6.07) is 0. The van der Waals surface area contributed by atoms with Gasteiger partial charge in [-0.2, -0.15) is 0 Å². The van der Waals surface area contributed by atoms with Crippen LogP contribution in [0.15, 0.2) is 0 Å². The van der Waals surface area contributed by atoms with Gasteiger partial charge >= 0.3 is 0 Å². The summed E-state index contributed by atoms with van der Waals surface area (Å²) in [7, 11) is 0. The highest BCUT2D eigenvalue weighted by Crippen LogP contribution is 2.12. The first-order valence-corrected chi connectivity index (χ1v) is 4.10. The third-order valence-corrected chi connectivity index (χ3v) is 1.87. The summed E-state index contributed by atoms with van der Waals surface area (Å²) < 4.78 is 0. The fourth-order valence-electron chi connectivity index (χ4n) is 1.19. The molecule has 0 aliphatic rings. The smallest absolute Gasteiger partial charge is 0.00514 e. The van der Waals surface area contributed by atoms with Gasteiger partial charge in [0.1, 0.15) is 0 Å². The van der Waals surface area contributed by atoms with E-state index >= 15 is 0 Å². The van der Waals surface area contributed by atoms with Gasteiger partial charge in [-0.3, -0.25) is 0 Å². The zero-order valence-electron chi connectivity index (χ0n) is 7.14. The van der Waals surface area contributed by atoms with E-state index in [0.717, 1.165) is 25.4 Å². The lowest BCUT2D eigenvalue weighted by Gasteiger charge is -2.14. The molecule has 0 radical (unpaired) electrons. The predicted octanol–water partition coefficient (Wildman–Crippen LogP) is 0.956. The lowest BCUT2D eigenvalue weighted by Crippen LogP contribution is -2.15. The molecule has 0 heterocycles. The van der Waals surface area contributed by atoms with Crippen LogP contribution in [0, 0.1) is 11.8 Å². The highest BCUT2D eigenvalue weighted by atomic mass is 14.5. The molecule has 0 aromatic rings. The van der Waals surface area contributed by atoms with E-state index in [1.54, 1.807) is 0 Å². The van der Waals surface area contributed by atoms with Gasteiger partial charge in [0.05, 0.1) is 0 Å². The molecule has 0 amide bonds. The molecular formula is C8H20N2. The SMILES string of the molecule is CC(CN)CC(C)CCN. The van der Waals surface area contributed by atoms with E-state index in [9.17, 15) is 0 Å². The second-order valence-corrected chi connectivity index (χ2v) is 3.26. The molecule has 2 atom stereocenters. The van der Waals surface area contributed by atoms with Crippen LogP contribution in [0.1, 0.15) is 26.7 Å². The zero-order valence-corrected chi connectivity index (χ0v) is 7.14. The van der Waals surface area contributed by atoms with Crippen LogP contribution in [0.4, 0.5) is 0 Å². The normalized spacial score (nSPS) is 16.8. The maximum absolute atomic E-state index is 5.49. The van der Waals surface area contributed by atoms with Crippen molar-refractivity contribution in [3.63, 3.8) is 0 Å². The minimum Gasteiger partial charge on any atom is -0.330 e. The van der Waals surface area contributed by atoms with Crippen LogP contribution in [0.5, 0.6) is 0 Å². The summed E-state index contributed by atoms with van der Waals surface area (Å²) in [4.78, 5) is 0. The Kier molecular flexibility index (Phi) is 5.64. The van der Waals surface area contributed by atoms with E-state index in [0.29, 0.717) is 5.92 Å².